The van der Waals surface area contributed by atoms with Crippen LogP contribution in [0.15, 0.2) is 30.3 Å². The fraction of sp³-hybridized carbons (Fsp3) is 0.562. The van der Waals surface area contributed by atoms with Crippen molar-refractivity contribution in [1.29, 1.82) is 0 Å². The minimum absolute atomic E-state index is 0.0941. The lowest BCUT2D eigenvalue weighted by atomic mass is 10.1. The Hall–Kier alpha value is -1.39. The van der Waals surface area contributed by atoms with Gasteiger partial charge < -0.3 is 15.0 Å². The van der Waals surface area contributed by atoms with Crippen LogP contribution in [-0.4, -0.2) is 44.1 Å². The van der Waals surface area contributed by atoms with Crippen LogP contribution >= 0.6 is 0 Å². The summed E-state index contributed by atoms with van der Waals surface area (Å²) in [6, 6.07) is 9.76. The van der Waals surface area contributed by atoms with Gasteiger partial charge in [0.2, 0.25) is 0 Å². The highest BCUT2D eigenvalue weighted by Gasteiger charge is 2.31. The van der Waals surface area contributed by atoms with Gasteiger partial charge in [-0.2, -0.15) is 0 Å². The van der Waals surface area contributed by atoms with Crippen molar-refractivity contribution in [3.8, 4) is 0 Å². The van der Waals surface area contributed by atoms with Crippen LogP contribution in [-0.2, 0) is 9.53 Å². The number of amides is 1. The second-order valence-corrected chi connectivity index (χ2v) is 5.24. The highest BCUT2D eigenvalue weighted by molar-refractivity contribution is 5.82. The van der Waals surface area contributed by atoms with Crippen LogP contribution < -0.4 is 5.32 Å². The molecule has 0 aromatic heterocycles. The van der Waals surface area contributed by atoms with E-state index in [2.05, 4.69) is 5.32 Å². The van der Waals surface area contributed by atoms with Crippen LogP contribution in [0.5, 0.6) is 0 Å². The summed E-state index contributed by atoms with van der Waals surface area (Å²) >= 11 is 0. The van der Waals surface area contributed by atoms with Crippen molar-refractivity contribution in [2.45, 2.75) is 19.4 Å². The fourth-order valence-electron chi connectivity index (χ4n) is 2.76. The molecule has 1 amide bonds. The van der Waals surface area contributed by atoms with Crippen molar-refractivity contribution in [2.24, 2.45) is 5.92 Å². The van der Waals surface area contributed by atoms with Gasteiger partial charge in [0, 0.05) is 19.7 Å². The Balaban J connectivity index is 2.05. The minimum Gasteiger partial charge on any atom is -0.364 e. The molecule has 20 heavy (non-hydrogen) atoms. The van der Waals surface area contributed by atoms with Crippen LogP contribution in [0, 0.1) is 5.92 Å². The third-order valence-corrected chi connectivity index (χ3v) is 3.75. The zero-order chi connectivity index (χ0) is 14.4. The Kier molecular flexibility index (Phi) is 5.56. The fourth-order valence-corrected chi connectivity index (χ4v) is 2.76. The van der Waals surface area contributed by atoms with E-state index in [-0.39, 0.29) is 5.91 Å². The van der Waals surface area contributed by atoms with Gasteiger partial charge in [-0.25, -0.2) is 0 Å². The smallest absolute Gasteiger partial charge is 0.256 e. The number of nitrogens with zero attached hydrogens (tertiary/aromatic N) is 1. The Morgan fingerprint density at radius 2 is 2.20 bits per heavy atom. The Bertz CT molecular complexity index is 422. The van der Waals surface area contributed by atoms with Gasteiger partial charge in [0.05, 0.1) is 0 Å². The molecule has 2 unspecified atom stereocenters. The van der Waals surface area contributed by atoms with E-state index in [4.69, 9.17) is 4.74 Å². The first-order valence-corrected chi connectivity index (χ1v) is 7.36. The number of nitrogens with one attached hydrogen (secondary N) is 1. The molecule has 2 rings (SSSR count). The van der Waals surface area contributed by atoms with Gasteiger partial charge in [0.25, 0.3) is 5.91 Å². The number of hydrogen-bond donors (Lipinski definition) is 1. The maximum Gasteiger partial charge on any atom is 0.256 e. The lowest BCUT2D eigenvalue weighted by Crippen LogP contribution is -2.35. The molecule has 1 saturated heterocycles. The summed E-state index contributed by atoms with van der Waals surface area (Å²) in [5, 5.41) is 3.19. The first kappa shape index (κ1) is 15.0. The molecule has 1 aliphatic heterocycles. The second kappa shape index (κ2) is 7.41. The summed E-state index contributed by atoms with van der Waals surface area (Å²) in [5.74, 6) is 0.652. The predicted molar refractivity (Wildman–Crippen MR) is 79.4 cm³/mol. The summed E-state index contributed by atoms with van der Waals surface area (Å²) in [4.78, 5) is 14.6. The molecule has 1 aliphatic rings. The number of ether oxygens (including phenoxy) is 1. The molecule has 2 atom stereocenters. The van der Waals surface area contributed by atoms with E-state index >= 15 is 0 Å². The van der Waals surface area contributed by atoms with E-state index in [1.807, 2.05) is 49.2 Å². The number of carbonyl (C=O) groups is 1. The van der Waals surface area contributed by atoms with Crippen molar-refractivity contribution < 1.29 is 9.53 Å². The van der Waals surface area contributed by atoms with E-state index in [1.54, 1.807) is 0 Å². The normalized spacial score (nSPS) is 20.1. The lowest BCUT2D eigenvalue weighted by Gasteiger charge is -2.23. The molecular formula is C16H24N2O2. The summed E-state index contributed by atoms with van der Waals surface area (Å²) in [7, 11) is 1.96. The summed E-state index contributed by atoms with van der Waals surface area (Å²) in [6.45, 7) is 5.10. The molecule has 1 fully saturated rings. The summed E-state index contributed by atoms with van der Waals surface area (Å²) < 4.78 is 5.69. The molecule has 0 saturated carbocycles. The van der Waals surface area contributed by atoms with Gasteiger partial charge in [0.15, 0.2) is 6.10 Å². The quantitative estimate of drug-likeness (QED) is 0.862. The topological polar surface area (TPSA) is 41.6 Å². The predicted octanol–water partition coefficient (Wildman–Crippen LogP) is 1.83. The first-order chi connectivity index (χ1) is 9.76. The summed E-state index contributed by atoms with van der Waals surface area (Å²) in [5.41, 5.74) is 0.941. The Labute approximate surface area is 121 Å². The Morgan fingerprint density at radius 1 is 1.45 bits per heavy atom. The molecule has 0 aliphatic carbocycles. The van der Waals surface area contributed by atoms with E-state index in [1.165, 1.54) is 0 Å². The average Bonchev–Trinajstić information content (AvgIpc) is 2.94. The Morgan fingerprint density at radius 3 is 2.85 bits per heavy atom. The van der Waals surface area contributed by atoms with E-state index < -0.39 is 6.10 Å². The van der Waals surface area contributed by atoms with Crippen LogP contribution in [0.4, 0.5) is 0 Å². The molecule has 0 spiro atoms. The zero-order valence-corrected chi connectivity index (χ0v) is 12.3. The molecule has 1 N–H and O–H groups in total. The van der Waals surface area contributed by atoms with Crippen LogP contribution in [0.25, 0.3) is 0 Å². The van der Waals surface area contributed by atoms with Crippen molar-refractivity contribution >= 4 is 5.91 Å². The van der Waals surface area contributed by atoms with Crippen molar-refractivity contribution in [2.75, 3.05) is 33.3 Å². The van der Waals surface area contributed by atoms with Gasteiger partial charge in [0.1, 0.15) is 0 Å². The molecule has 110 valence electrons. The molecule has 0 radical (unpaired) electrons. The maximum atomic E-state index is 12.7. The number of likely N-dealkylation sites (tertiary alicyclic amines) is 1. The highest BCUT2D eigenvalue weighted by Crippen LogP contribution is 2.24. The first-order valence-electron chi connectivity index (χ1n) is 7.36. The monoisotopic (exact) mass is 276 g/mol. The van der Waals surface area contributed by atoms with Crippen LogP contribution in [0.1, 0.15) is 25.0 Å². The van der Waals surface area contributed by atoms with Gasteiger partial charge in [-0.05, 0) is 38.4 Å². The number of rotatable bonds is 6. The largest absolute Gasteiger partial charge is 0.364 e. The SMILES string of the molecule is CCOC(C(=O)N1CCC(CNC)C1)c1ccccc1. The van der Waals surface area contributed by atoms with Crippen molar-refractivity contribution in [3.63, 3.8) is 0 Å². The second-order valence-electron chi connectivity index (χ2n) is 5.24. The third kappa shape index (κ3) is 3.58. The average molecular weight is 276 g/mol. The highest BCUT2D eigenvalue weighted by atomic mass is 16.5. The minimum atomic E-state index is -0.463. The van der Waals surface area contributed by atoms with E-state index in [9.17, 15) is 4.79 Å². The summed E-state index contributed by atoms with van der Waals surface area (Å²) in [6.07, 6.45) is 0.606. The van der Waals surface area contributed by atoms with Gasteiger partial charge in [-0.1, -0.05) is 30.3 Å². The molecule has 4 nitrogen and oxygen atoms in total. The number of carbonyl (C=O) groups excluding carboxylic acids is 1. The lowest BCUT2D eigenvalue weighted by molar-refractivity contribution is -0.143. The van der Waals surface area contributed by atoms with E-state index in [0.29, 0.717) is 12.5 Å². The molecule has 1 aromatic carbocycles. The molecule has 1 aromatic rings. The molecular weight excluding hydrogens is 252 g/mol. The van der Waals surface area contributed by atoms with Crippen LogP contribution in [0.2, 0.25) is 0 Å². The standard InChI is InChI=1S/C16H24N2O2/c1-3-20-15(14-7-5-4-6-8-14)16(19)18-10-9-13(12-18)11-17-2/h4-8,13,15,17H,3,9-12H2,1-2H3. The van der Waals surface area contributed by atoms with Crippen molar-refractivity contribution in [1.82, 2.24) is 10.2 Å². The molecule has 0 bridgehead atoms. The molecule has 1 heterocycles. The third-order valence-electron chi connectivity index (χ3n) is 3.75. The van der Waals surface area contributed by atoms with E-state index in [0.717, 1.165) is 31.6 Å². The van der Waals surface area contributed by atoms with Gasteiger partial charge in [-0.3, -0.25) is 4.79 Å². The number of hydrogen-bond acceptors (Lipinski definition) is 3. The molecule has 4 heteroatoms. The van der Waals surface area contributed by atoms with Crippen LogP contribution in [0.3, 0.4) is 0 Å². The van der Waals surface area contributed by atoms with Crippen molar-refractivity contribution in [3.05, 3.63) is 35.9 Å². The van der Waals surface area contributed by atoms with Gasteiger partial charge in [-0.15, -0.1) is 0 Å². The maximum absolute atomic E-state index is 12.7. The van der Waals surface area contributed by atoms with Gasteiger partial charge >= 0.3 is 0 Å². The number of benzene rings is 1. The zero-order valence-electron chi connectivity index (χ0n) is 12.3.